The number of nitrogens with two attached hydrogens (primary N) is 1. The Bertz CT molecular complexity index is 856. The molecule has 146 valence electrons. The Labute approximate surface area is 164 Å². The molecule has 0 bridgehead atoms. The molecule has 1 aliphatic heterocycles. The maximum absolute atomic E-state index is 12.5. The number of hydrogen-bond acceptors (Lipinski definition) is 5. The minimum absolute atomic E-state index is 0.294. The molecule has 1 aliphatic rings. The number of rotatable bonds is 3. The van der Waals surface area contributed by atoms with Gasteiger partial charge in [0, 0.05) is 37.1 Å². The van der Waals surface area contributed by atoms with Gasteiger partial charge in [-0.3, -0.25) is 14.4 Å². The van der Waals surface area contributed by atoms with Crippen molar-refractivity contribution in [2.24, 2.45) is 0 Å². The summed E-state index contributed by atoms with van der Waals surface area (Å²) in [6, 6.07) is 13.5. The van der Waals surface area contributed by atoms with Crippen molar-refractivity contribution in [3.05, 3.63) is 48.5 Å². The quantitative estimate of drug-likeness (QED) is 0.631. The molecule has 0 aromatic heterocycles. The topological polar surface area (TPSA) is 95.7 Å². The monoisotopic (exact) mass is 380 g/mol. The van der Waals surface area contributed by atoms with Crippen molar-refractivity contribution in [2.45, 2.75) is 26.2 Å². The van der Waals surface area contributed by atoms with Gasteiger partial charge in [-0.05, 0) is 67.8 Å². The van der Waals surface area contributed by atoms with Crippen LogP contribution in [0.2, 0.25) is 0 Å². The van der Waals surface area contributed by atoms with Crippen LogP contribution in [0.3, 0.4) is 0 Å². The van der Waals surface area contributed by atoms with E-state index in [1.54, 1.807) is 24.3 Å². The van der Waals surface area contributed by atoms with Gasteiger partial charge in [0.15, 0.2) is 0 Å². The van der Waals surface area contributed by atoms with Crippen LogP contribution in [0.5, 0.6) is 0 Å². The third kappa shape index (κ3) is 4.49. The van der Waals surface area contributed by atoms with Gasteiger partial charge in [-0.15, -0.1) is 0 Å². The first-order chi connectivity index (χ1) is 13.5. The molecular weight excluding hydrogens is 356 g/mol. The minimum atomic E-state index is -0.947. The number of anilines is 4. The fourth-order valence-electron chi connectivity index (χ4n) is 3.26. The summed E-state index contributed by atoms with van der Waals surface area (Å²) in [4.78, 5) is 40.0. The van der Waals surface area contributed by atoms with E-state index < -0.39 is 17.7 Å². The molecule has 1 heterocycles. The summed E-state index contributed by atoms with van der Waals surface area (Å²) in [7, 11) is 0. The Hall–Kier alpha value is -3.35. The van der Waals surface area contributed by atoms with Crippen molar-refractivity contribution >= 4 is 40.5 Å². The molecule has 1 saturated heterocycles. The molecule has 0 unspecified atom stereocenters. The van der Waals surface area contributed by atoms with E-state index >= 15 is 0 Å². The largest absolute Gasteiger partial charge is 0.399 e. The molecule has 2 aromatic rings. The van der Waals surface area contributed by atoms with E-state index in [4.69, 9.17) is 5.73 Å². The van der Waals surface area contributed by atoms with Crippen LogP contribution >= 0.6 is 0 Å². The molecule has 7 nitrogen and oxygen atoms in total. The summed E-state index contributed by atoms with van der Waals surface area (Å²) in [5.41, 5.74) is 8.02. The van der Waals surface area contributed by atoms with Crippen molar-refractivity contribution in [1.29, 1.82) is 0 Å². The summed E-state index contributed by atoms with van der Waals surface area (Å²) in [6.45, 7) is 3.29. The van der Waals surface area contributed by atoms with Crippen LogP contribution in [-0.4, -0.2) is 30.8 Å². The Morgan fingerprint density at radius 3 is 2.11 bits per heavy atom. The highest BCUT2D eigenvalue weighted by Gasteiger charge is 2.27. The zero-order valence-corrected chi connectivity index (χ0v) is 15.9. The van der Waals surface area contributed by atoms with Gasteiger partial charge in [0.2, 0.25) is 5.91 Å². The molecule has 0 atom stereocenters. The second-order valence-electron chi connectivity index (χ2n) is 6.80. The number of carbonyl (C=O) groups excluding carboxylic acids is 3. The van der Waals surface area contributed by atoms with Gasteiger partial charge in [-0.2, -0.15) is 0 Å². The van der Waals surface area contributed by atoms with E-state index in [2.05, 4.69) is 10.2 Å². The average molecular weight is 380 g/mol. The lowest BCUT2D eigenvalue weighted by Crippen LogP contribution is -2.42. The lowest BCUT2D eigenvalue weighted by Gasteiger charge is -2.28. The van der Waals surface area contributed by atoms with Crippen molar-refractivity contribution in [2.75, 3.05) is 33.9 Å². The number of piperidine rings is 1. The van der Waals surface area contributed by atoms with E-state index in [0.29, 0.717) is 17.1 Å². The SMILES string of the molecule is CC(=O)N(C(=O)C(=O)Nc1ccc(N2CCCCC2)cc1)c1ccc(N)cc1. The van der Waals surface area contributed by atoms with Gasteiger partial charge < -0.3 is 16.0 Å². The van der Waals surface area contributed by atoms with Crippen molar-refractivity contribution in [1.82, 2.24) is 0 Å². The predicted molar refractivity (Wildman–Crippen MR) is 110 cm³/mol. The first-order valence-corrected chi connectivity index (χ1v) is 9.32. The van der Waals surface area contributed by atoms with E-state index in [1.807, 2.05) is 12.1 Å². The molecule has 0 radical (unpaired) electrons. The molecular formula is C21H24N4O3. The number of nitrogens with zero attached hydrogens (tertiary/aromatic N) is 2. The van der Waals surface area contributed by atoms with Crippen LogP contribution in [0.15, 0.2) is 48.5 Å². The molecule has 0 spiro atoms. The number of imide groups is 1. The zero-order valence-electron chi connectivity index (χ0n) is 15.9. The fourth-order valence-corrected chi connectivity index (χ4v) is 3.26. The molecule has 2 aromatic carbocycles. The standard InChI is InChI=1S/C21H24N4O3/c1-15(26)25(19-9-5-16(22)6-10-19)21(28)20(27)23-17-7-11-18(12-8-17)24-13-3-2-4-14-24/h5-12H,2-4,13-14,22H2,1H3,(H,23,27). The third-order valence-electron chi connectivity index (χ3n) is 4.71. The summed E-state index contributed by atoms with van der Waals surface area (Å²) >= 11 is 0. The maximum atomic E-state index is 12.5. The van der Waals surface area contributed by atoms with Crippen LogP contribution < -0.4 is 20.9 Å². The van der Waals surface area contributed by atoms with Gasteiger partial charge in [-0.1, -0.05) is 0 Å². The van der Waals surface area contributed by atoms with Crippen molar-refractivity contribution < 1.29 is 14.4 Å². The van der Waals surface area contributed by atoms with E-state index in [-0.39, 0.29) is 0 Å². The van der Waals surface area contributed by atoms with Gasteiger partial charge in [0.1, 0.15) is 0 Å². The number of carbonyl (C=O) groups is 3. The Morgan fingerprint density at radius 2 is 1.54 bits per heavy atom. The Balaban J connectivity index is 1.69. The first kappa shape index (κ1) is 19.4. The molecule has 3 rings (SSSR count). The summed E-state index contributed by atoms with van der Waals surface area (Å²) < 4.78 is 0. The highest BCUT2D eigenvalue weighted by Crippen LogP contribution is 2.22. The lowest BCUT2D eigenvalue weighted by atomic mass is 10.1. The first-order valence-electron chi connectivity index (χ1n) is 9.32. The van der Waals surface area contributed by atoms with Crippen LogP contribution in [0, 0.1) is 0 Å². The van der Waals surface area contributed by atoms with Crippen LogP contribution in [0.4, 0.5) is 22.7 Å². The number of nitrogens with one attached hydrogen (secondary N) is 1. The predicted octanol–water partition coefficient (Wildman–Crippen LogP) is 2.78. The Morgan fingerprint density at radius 1 is 0.929 bits per heavy atom. The third-order valence-corrected chi connectivity index (χ3v) is 4.71. The minimum Gasteiger partial charge on any atom is -0.399 e. The number of amides is 3. The highest BCUT2D eigenvalue weighted by atomic mass is 16.2. The molecule has 3 N–H and O–H groups in total. The second-order valence-corrected chi connectivity index (χ2v) is 6.80. The fraction of sp³-hybridized carbons (Fsp3) is 0.286. The number of nitrogen functional groups attached to an aromatic ring is 1. The Kier molecular flexibility index (Phi) is 5.93. The van der Waals surface area contributed by atoms with Gasteiger partial charge in [0.25, 0.3) is 0 Å². The maximum Gasteiger partial charge on any atom is 0.323 e. The van der Waals surface area contributed by atoms with Gasteiger partial charge in [0.05, 0.1) is 5.69 Å². The number of benzene rings is 2. The van der Waals surface area contributed by atoms with E-state index in [1.165, 1.54) is 38.3 Å². The zero-order chi connectivity index (χ0) is 20.1. The van der Waals surface area contributed by atoms with Gasteiger partial charge in [-0.25, -0.2) is 4.90 Å². The molecule has 1 fully saturated rings. The van der Waals surface area contributed by atoms with Crippen LogP contribution in [0.25, 0.3) is 0 Å². The lowest BCUT2D eigenvalue weighted by molar-refractivity contribution is -0.136. The van der Waals surface area contributed by atoms with Crippen LogP contribution in [-0.2, 0) is 14.4 Å². The molecule has 0 aliphatic carbocycles. The van der Waals surface area contributed by atoms with Crippen LogP contribution in [0.1, 0.15) is 26.2 Å². The van der Waals surface area contributed by atoms with E-state index in [0.717, 1.165) is 23.7 Å². The highest BCUT2D eigenvalue weighted by molar-refractivity contribution is 6.48. The smallest absolute Gasteiger partial charge is 0.323 e. The molecule has 7 heteroatoms. The molecule has 28 heavy (non-hydrogen) atoms. The molecule has 0 saturated carbocycles. The second kappa shape index (κ2) is 8.56. The summed E-state index contributed by atoms with van der Waals surface area (Å²) in [5.74, 6) is -2.37. The van der Waals surface area contributed by atoms with E-state index in [9.17, 15) is 14.4 Å². The van der Waals surface area contributed by atoms with Crippen molar-refractivity contribution in [3.8, 4) is 0 Å². The van der Waals surface area contributed by atoms with Crippen molar-refractivity contribution in [3.63, 3.8) is 0 Å². The molecule has 3 amide bonds. The number of hydrogen-bond donors (Lipinski definition) is 2. The summed E-state index contributed by atoms with van der Waals surface area (Å²) in [6.07, 6.45) is 3.62. The van der Waals surface area contributed by atoms with Gasteiger partial charge >= 0.3 is 11.8 Å². The normalized spacial score (nSPS) is 13.7. The summed E-state index contributed by atoms with van der Waals surface area (Å²) in [5, 5.41) is 2.56. The average Bonchev–Trinajstić information content (AvgIpc) is 2.70.